The molecule has 0 bridgehead atoms. The van der Waals surface area contributed by atoms with Crippen molar-refractivity contribution in [3.8, 4) is 0 Å². The third-order valence-corrected chi connectivity index (χ3v) is 4.72. The SMILES string of the molecule is CC1(O)CCN(C2CCN(c3cnc(C(F)(F)F)cn3)CC2)C1=O. The molecule has 1 aromatic heterocycles. The van der Waals surface area contributed by atoms with E-state index in [2.05, 4.69) is 9.97 Å². The minimum atomic E-state index is -4.49. The predicted molar refractivity (Wildman–Crippen MR) is 79.2 cm³/mol. The zero-order valence-electron chi connectivity index (χ0n) is 13.3. The van der Waals surface area contributed by atoms with E-state index in [1.54, 1.807) is 4.90 Å². The smallest absolute Gasteiger partial charge is 0.380 e. The highest BCUT2D eigenvalue weighted by Gasteiger charge is 2.44. The number of halogens is 3. The molecule has 3 heterocycles. The molecule has 9 heteroatoms. The lowest BCUT2D eigenvalue weighted by atomic mass is 10.0. The first-order valence-electron chi connectivity index (χ1n) is 7.86. The topological polar surface area (TPSA) is 69.6 Å². The van der Waals surface area contributed by atoms with E-state index in [-0.39, 0.29) is 11.9 Å². The number of anilines is 1. The Morgan fingerprint density at radius 2 is 1.88 bits per heavy atom. The van der Waals surface area contributed by atoms with Gasteiger partial charge in [0.25, 0.3) is 5.91 Å². The van der Waals surface area contributed by atoms with Crippen molar-refractivity contribution in [1.82, 2.24) is 14.9 Å². The highest BCUT2D eigenvalue weighted by molar-refractivity contribution is 5.86. The molecular formula is C15H19F3N4O2. The molecule has 1 unspecified atom stereocenters. The second kappa shape index (κ2) is 5.87. The van der Waals surface area contributed by atoms with Crippen LogP contribution in [-0.4, -0.2) is 57.2 Å². The van der Waals surface area contributed by atoms with Crippen LogP contribution in [0, 0.1) is 0 Å². The van der Waals surface area contributed by atoms with Gasteiger partial charge in [0.1, 0.15) is 11.4 Å². The Morgan fingerprint density at radius 1 is 1.21 bits per heavy atom. The Labute approximate surface area is 137 Å². The number of carbonyl (C=O) groups is 1. The van der Waals surface area contributed by atoms with Crippen LogP contribution in [0.2, 0.25) is 0 Å². The standard InChI is InChI=1S/C15H19F3N4O2/c1-14(24)4-7-22(13(14)23)10-2-5-21(6-3-10)12-9-19-11(8-20-12)15(16,17)18/h8-10,24H,2-7H2,1H3. The number of piperidine rings is 1. The van der Waals surface area contributed by atoms with Crippen LogP contribution in [0.15, 0.2) is 12.4 Å². The average molecular weight is 344 g/mol. The van der Waals surface area contributed by atoms with Crippen LogP contribution in [0.4, 0.5) is 19.0 Å². The van der Waals surface area contributed by atoms with Crippen molar-refractivity contribution in [3.05, 3.63) is 18.1 Å². The van der Waals surface area contributed by atoms with E-state index in [0.717, 1.165) is 12.4 Å². The molecule has 0 aromatic carbocycles. The van der Waals surface area contributed by atoms with Gasteiger partial charge in [-0.25, -0.2) is 9.97 Å². The summed E-state index contributed by atoms with van der Waals surface area (Å²) in [5, 5.41) is 9.97. The van der Waals surface area contributed by atoms with Crippen molar-refractivity contribution in [2.24, 2.45) is 0 Å². The number of aliphatic hydroxyl groups is 1. The summed E-state index contributed by atoms with van der Waals surface area (Å²) < 4.78 is 37.5. The fourth-order valence-corrected chi connectivity index (χ4v) is 3.24. The maximum atomic E-state index is 12.5. The quantitative estimate of drug-likeness (QED) is 0.879. The highest BCUT2D eigenvalue weighted by Crippen LogP contribution is 2.30. The van der Waals surface area contributed by atoms with E-state index in [9.17, 15) is 23.1 Å². The molecule has 132 valence electrons. The molecular weight excluding hydrogens is 325 g/mol. The third-order valence-electron chi connectivity index (χ3n) is 4.72. The maximum Gasteiger partial charge on any atom is 0.434 e. The number of hydrogen-bond donors (Lipinski definition) is 1. The van der Waals surface area contributed by atoms with Gasteiger partial charge in [-0.15, -0.1) is 0 Å². The normalized spacial score (nSPS) is 26.3. The van der Waals surface area contributed by atoms with Gasteiger partial charge in [0.15, 0.2) is 5.69 Å². The molecule has 1 amide bonds. The predicted octanol–water partition coefficient (Wildman–Crippen LogP) is 1.45. The van der Waals surface area contributed by atoms with Crippen LogP contribution in [-0.2, 0) is 11.0 Å². The van der Waals surface area contributed by atoms with E-state index in [4.69, 9.17) is 0 Å². The summed E-state index contributed by atoms with van der Waals surface area (Å²) in [6.45, 7) is 3.23. The second-order valence-corrected chi connectivity index (χ2v) is 6.50. The number of amides is 1. The summed E-state index contributed by atoms with van der Waals surface area (Å²) in [6.07, 6.45) is -0.825. The average Bonchev–Trinajstić information content (AvgIpc) is 2.81. The van der Waals surface area contributed by atoms with Crippen LogP contribution < -0.4 is 4.90 Å². The molecule has 6 nitrogen and oxygen atoms in total. The lowest BCUT2D eigenvalue weighted by Gasteiger charge is -2.37. The van der Waals surface area contributed by atoms with Crippen LogP contribution in [0.5, 0.6) is 0 Å². The zero-order chi connectivity index (χ0) is 17.5. The summed E-state index contributed by atoms with van der Waals surface area (Å²) in [5.74, 6) is 0.163. The Morgan fingerprint density at radius 3 is 2.33 bits per heavy atom. The molecule has 0 saturated carbocycles. The molecule has 2 fully saturated rings. The minimum absolute atomic E-state index is 0.0464. The van der Waals surface area contributed by atoms with Gasteiger partial charge in [0, 0.05) is 32.1 Å². The van der Waals surface area contributed by atoms with Gasteiger partial charge >= 0.3 is 6.18 Å². The lowest BCUT2D eigenvalue weighted by molar-refractivity contribution is -0.143. The highest BCUT2D eigenvalue weighted by atomic mass is 19.4. The Balaban J connectivity index is 1.60. The monoisotopic (exact) mass is 344 g/mol. The van der Waals surface area contributed by atoms with Crippen LogP contribution in [0.3, 0.4) is 0 Å². The molecule has 0 spiro atoms. The molecule has 2 aliphatic rings. The number of hydrogen-bond acceptors (Lipinski definition) is 5. The van der Waals surface area contributed by atoms with Gasteiger partial charge in [-0.1, -0.05) is 0 Å². The van der Waals surface area contributed by atoms with Gasteiger partial charge in [0.2, 0.25) is 0 Å². The third kappa shape index (κ3) is 3.17. The molecule has 2 aliphatic heterocycles. The van der Waals surface area contributed by atoms with Crippen molar-refractivity contribution in [3.63, 3.8) is 0 Å². The maximum absolute atomic E-state index is 12.5. The number of carbonyl (C=O) groups excluding carboxylic acids is 1. The van der Waals surface area contributed by atoms with Gasteiger partial charge < -0.3 is 14.9 Å². The number of rotatable bonds is 2. The number of nitrogens with zero attached hydrogens (tertiary/aromatic N) is 4. The van der Waals surface area contributed by atoms with Crippen molar-refractivity contribution < 1.29 is 23.1 Å². The van der Waals surface area contributed by atoms with Crippen molar-refractivity contribution in [1.29, 1.82) is 0 Å². The minimum Gasteiger partial charge on any atom is -0.380 e. The van der Waals surface area contributed by atoms with E-state index in [0.29, 0.717) is 44.7 Å². The van der Waals surface area contributed by atoms with Gasteiger partial charge in [-0.3, -0.25) is 4.79 Å². The van der Waals surface area contributed by atoms with E-state index < -0.39 is 17.5 Å². The second-order valence-electron chi connectivity index (χ2n) is 6.50. The number of alkyl halides is 3. The molecule has 0 aliphatic carbocycles. The molecule has 0 radical (unpaired) electrons. The Hall–Kier alpha value is -1.90. The Kier molecular flexibility index (Phi) is 4.15. The molecule has 1 atom stereocenters. The summed E-state index contributed by atoms with van der Waals surface area (Å²) in [7, 11) is 0. The fourth-order valence-electron chi connectivity index (χ4n) is 3.24. The van der Waals surface area contributed by atoms with E-state index in [1.807, 2.05) is 4.90 Å². The number of likely N-dealkylation sites (tertiary alicyclic amines) is 1. The molecule has 1 aromatic rings. The van der Waals surface area contributed by atoms with Crippen LogP contribution >= 0.6 is 0 Å². The van der Waals surface area contributed by atoms with Crippen molar-refractivity contribution >= 4 is 11.7 Å². The summed E-state index contributed by atoms with van der Waals surface area (Å²) >= 11 is 0. The van der Waals surface area contributed by atoms with Crippen molar-refractivity contribution in [2.45, 2.75) is 44.0 Å². The van der Waals surface area contributed by atoms with E-state index >= 15 is 0 Å². The first kappa shape index (κ1) is 16.9. The summed E-state index contributed by atoms with van der Waals surface area (Å²) in [5.41, 5.74) is -2.29. The largest absolute Gasteiger partial charge is 0.434 e. The fraction of sp³-hybridized carbons (Fsp3) is 0.667. The molecule has 1 N–H and O–H groups in total. The lowest BCUT2D eigenvalue weighted by Crippen LogP contribution is -2.48. The first-order chi connectivity index (χ1) is 11.2. The molecule has 24 heavy (non-hydrogen) atoms. The molecule has 2 saturated heterocycles. The van der Waals surface area contributed by atoms with E-state index in [1.165, 1.54) is 6.92 Å². The van der Waals surface area contributed by atoms with Gasteiger partial charge in [-0.05, 0) is 19.8 Å². The van der Waals surface area contributed by atoms with Gasteiger partial charge in [-0.2, -0.15) is 13.2 Å². The first-order valence-corrected chi connectivity index (χ1v) is 7.86. The molecule has 3 rings (SSSR count). The van der Waals surface area contributed by atoms with Crippen molar-refractivity contribution in [2.75, 3.05) is 24.5 Å². The van der Waals surface area contributed by atoms with Gasteiger partial charge in [0.05, 0.1) is 12.4 Å². The Bertz CT molecular complexity index is 610. The summed E-state index contributed by atoms with van der Waals surface area (Å²) in [6, 6.07) is 0.0464. The summed E-state index contributed by atoms with van der Waals surface area (Å²) in [4.78, 5) is 23.0. The number of aromatic nitrogens is 2. The van der Waals surface area contributed by atoms with Crippen LogP contribution in [0.25, 0.3) is 0 Å². The zero-order valence-corrected chi connectivity index (χ0v) is 13.3. The van der Waals surface area contributed by atoms with Crippen LogP contribution in [0.1, 0.15) is 31.9 Å².